The fourth-order valence-corrected chi connectivity index (χ4v) is 3.81. The van der Waals surface area contributed by atoms with Crippen LogP contribution in [0.25, 0.3) is 11.1 Å². The number of alkyl halides is 3. The van der Waals surface area contributed by atoms with Crippen LogP contribution in [0, 0.1) is 5.82 Å². The lowest BCUT2D eigenvalue weighted by Gasteiger charge is -2.23. The number of benzene rings is 2. The van der Waals surface area contributed by atoms with Crippen molar-refractivity contribution in [1.29, 1.82) is 0 Å². The first kappa shape index (κ1) is 20.3. The fourth-order valence-electron chi connectivity index (χ4n) is 3.63. The molecule has 0 bridgehead atoms. The van der Waals surface area contributed by atoms with Gasteiger partial charge in [-0.3, -0.25) is 9.78 Å². The third kappa shape index (κ3) is 3.54. The Balaban J connectivity index is 1.70. The summed E-state index contributed by atoms with van der Waals surface area (Å²) < 4.78 is 51.8. The van der Waals surface area contributed by atoms with Gasteiger partial charge in [0.15, 0.2) is 0 Å². The zero-order chi connectivity index (χ0) is 21.7. The molecule has 0 fully saturated rings. The summed E-state index contributed by atoms with van der Waals surface area (Å²) in [6, 6.07) is 11.9. The van der Waals surface area contributed by atoms with Crippen molar-refractivity contribution in [2.75, 3.05) is 5.32 Å². The lowest BCUT2D eigenvalue weighted by molar-refractivity contribution is -0.141. The number of nitrogens with zero attached hydrogens (tertiary/aromatic N) is 1. The van der Waals surface area contributed by atoms with E-state index in [0.717, 1.165) is 17.8 Å². The highest BCUT2D eigenvalue weighted by Crippen LogP contribution is 2.42. The lowest BCUT2D eigenvalue weighted by atomic mass is 9.78. The SMILES string of the molecule is CC1(Cc2ccc(C(F)(F)F)nc2)C(=O)Nc2ccc(-c3ccc(F)c(Cl)c3)cc21. The van der Waals surface area contributed by atoms with Gasteiger partial charge in [0, 0.05) is 11.9 Å². The van der Waals surface area contributed by atoms with Crippen LogP contribution in [0.15, 0.2) is 54.7 Å². The number of carbonyl (C=O) groups is 1. The highest BCUT2D eigenvalue weighted by atomic mass is 35.5. The van der Waals surface area contributed by atoms with Gasteiger partial charge in [0.2, 0.25) is 5.91 Å². The van der Waals surface area contributed by atoms with Crippen LogP contribution in [0.2, 0.25) is 5.02 Å². The van der Waals surface area contributed by atoms with Crippen LogP contribution in [-0.2, 0) is 22.8 Å². The van der Waals surface area contributed by atoms with Crippen molar-refractivity contribution < 1.29 is 22.4 Å². The molecule has 2 aromatic carbocycles. The summed E-state index contributed by atoms with van der Waals surface area (Å²) in [5.74, 6) is -0.787. The molecule has 3 nitrogen and oxygen atoms in total. The molecule has 154 valence electrons. The molecule has 4 rings (SSSR count). The zero-order valence-electron chi connectivity index (χ0n) is 15.6. The average molecular weight is 435 g/mol. The Kier molecular flexibility index (Phi) is 4.81. The maximum atomic E-state index is 13.5. The van der Waals surface area contributed by atoms with Crippen molar-refractivity contribution in [3.63, 3.8) is 0 Å². The molecule has 1 N–H and O–H groups in total. The van der Waals surface area contributed by atoms with Gasteiger partial charge in [-0.05, 0) is 65.9 Å². The second kappa shape index (κ2) is 7.09. The van der Waals surface area contributed by atoms with Crippen LogP contribution in [0.4, 0.5) is 23.2 Å². The van der Waals surface area contributed by atoms with E-state index in [9.17, 15) is 22.4 Å². The largest absolute Gasteiger partial charge is 0.433 e. The van der Waals surface area contributed by atoms with Crippen molar-refractivity contribution in [3.05, 3.63) is 82.4 Å². The molecule has 1 unspecified atom stereocenters. The number of carbonyl (C=O) groups excluding carboxylic acids is 1. The van der Waals surface area contributed by atoms with E-state index < -0.39 is 23.1 Å². The predicted molar refractivity (Wildman–Crippen MR) is 106 cm³/mol. The first-order valence-electron chi connectivity index (χ1n) is 9.01. The minimum Gasteiger partial charge on any atom is -0.325 e. The van der Waals surface area contributed by atoms with Crippen LogP contribution in [0.5, 0.6) is 0 Å². The molecule has 2 heterocycles. The Morgan fingerprint density at radius 2 is 1.77 bits per heavy atom. The highest BCUT2D eigenvalue weighted by molar-refractivity contribution is 6.31. The molecule has 0 radical (unpaired) electrons. The summed E-state index contributed by atoms with van der Waals surface area (Å²) in [5, 5.41) is 2.80. The topological polar surface area (TPSA) is 42.0 Å². The van der Waals surface area contributed by atoms with Crippen molar-refractivity contribution in [3.8, 4) is 11.1 Å². The maximum Gasteiger partial charge on any atom is 0.433 e. The Bertz CT molecular complexity index is 1140. The number of rotatable bonds is 3. The fraction of sp³-hybridized carbons (Fsp3) is 0.182. The number of fused-ring (bicyclic) bond motifs is 1. The van der Waals surface area contributed by atoms with Gasteiger partial charge in [-0.1, -0.05) is 29.8 Å². The summed E-state index contributed by atoms with van der Waals surface area (Å²) in [5.41, 5.74) is 1.26. The molecule has 0 saturated heterocycles. The summed E-state index contributed by atoms with van der Waals surface area (Å²) >= 11 is 5.88. The molecule has 8 heteroatoms. The van der Waals surface area contributed by atoms with E-state index in [-0.39, 0.29) is 17.4 Å². The lowest BCUT2D eigenvalue weighted by Crippen LogP contribution is -2.33. The highest BCUT2D eigenvalue weighted by Gasteiger charge is 2.43. The number of pyridine rings is 1. The van der Waals surface area contributed by atoms with E-state index in [1.165, 1.54) is 18.2 Å². The standard InChI is InChI=1S/C22H15ClF4N2O/c1-21(10-12-2-7-19(28-11-12)22(25,26)27)15-8-13(4-6-18(15)29-20(21)30)14-3-5-17(24)16(23)9-14/h2-9,11H,10H2,1H3,(H,29,30). The summed E-state index contributed by atoms with van der Waals surface area (Å²) in [7, 11) is 0. The number of halogens is 5. The first-order valence-corrected chi connectivity index (χ1v) is 9.39. The van der Waals surface area contributed by atoms with E-state index in [1.807, 2.05) is 6.07 Å². The van der Waals surface area contributed by atoms with Crippen molar-refractivity contribution in [2.24, 2.45) is 0 Å². The van der Waals surface area contributed by atoms with Crippen LogP contribution >= 0.6 is 11.6 Å². The van der Waals surface area contributed by atoms with E-state index in [2.05, 4.69) is 10.3 Å². The van der Waals surface area contributed by atoms with Gasteiger partial charge in [0.05, 0.1) is 10.4 Å². The Hall–Kier alpha value is -2.93. The van der Waals surface area contributed by atoms with Gasteiger partial charge in [-0.2, -0.15) is 13.2 Å². The van der Waals surface area contributed by atoms with Crippen LogP contribution in [-0.4, -0.2) is 10.9 Å². The van der Waals surface area contributed by atoms with Gasteiger partial charge in [-0.15, -0.1) is 0 Å². The molecule has 3 aromatic rings. The van der Waals surface area contributed by atoms with Crippen molar-refractivity contribution >= 4 is 23.2 Å². The normalized spacial score (nSPS) is 18.3. The summed E-state index contributed by atoms with van der Waals surface area (Å²) in [6.07, 6.45) is -3.21. The minimum atomic E-state index is -4.52. The predicted octanol–water partition coefficient (Wildman–Crippen LogP) is 6.01. The number of hydrogen-bond donors (Lipinski definition) is 1. The molecular weight excluding hydrogens is 420 g/mol. The molecule has 1 amide bonds. The van der Waals surface area contributed by atoms with Gasteiger partial charge in [-0.25, -0.2) is 4.39 Å². The second-order valence-corrected chi connectivity index (χ2v) is 7.81. The van der Waals surface area contributed by atoms with E-state index in [0.29, 0.717) is 22.4 Å². The maximum absolute atomic E-state index is 13.5. The molecule has 30 heavy (non-hydrogen) atoms. The second-order valence-electron chi connectivity index (χ2n) is 7.40. The van der Waals surface area contributed by atoms with Crippen LogP contribution < -0.4 is 5.32 Å². The quantitative estimate of drug-likeness (QED) is 0.513. The monoisotopic (exact) mass is 434 g/mol. The van der Waals surface area contributed by atoms with Crippen molar-refractivity contribution in [1.82, 2.24) is 4.98 Å². The third-order valence-corrected chi connectivity index (χ3v) is 5.58. The summed E-state index contributed by atoms with van der Waals surface area (Å²) in [6.45, 7) is 1.73. The molecule has 0 spiro atoms. The number of aromatic nitrogens is 1. The van der Waals surface area contributed by atoms with Crippen LogP contribution in [0.1, 0.15) is 23.7 Å². The van der Waals surface area contributed by atoms with Gasteiger partial charge >= 0.3 is 6.18 Å². The average Bonchev–Trinajstić information content (AvgIpc) is 2.93. The van der Waals surface area contributed by atoms with Gasteiger partial charge in [0.1, 0.15) is 11.5 Å². The Labute approximate surface area is 174 Å². The molecule has 1 aliphatic rings. The molecule has 0 saturated carbocycles. The molecule has 1 atom stereocenters. The first-order chi connectivity index (χ1) is 14.1. The number of anilines is 1. The molecule has 0 aliphatic carbocycles. The smallest absolute Gasteiger partial charge is 0.325 e. The van der Waals surface area contributed by atoms with Gasteiger partial charge < -0.3 is 5.32 Å². The van der Waals surface area contributed by atoms with Crippen LogP contribution in [0.3, 0.4) is 0 Å². The number of amides is 1. The van der Waals surface area contributed by atoms with E-state index >= 15 is 0 Å². The Morgan fingerprint density at radius 3 is 2.40 bits per heavy atom. The zero-order valence-corrected chi connectivity index (χ0v) is 16.4. The minimum absolute atomic E-state index is 0.0132. The van der Waals surface area contributed by atoms with Crippen molar-refractivity contribution in [2.45, 2.75) is 24.9 Å². The molecule has 1 aromatic heterocycles. The number of nitrogens with one attached hydrogen (secondary N) is 1. The van der Waals surface area contributed by atoms with E-state index in [4.69, 9.17) is 11.6 Å². The van der Waals surface area contributed by atoms with E-state index in [1.54, 1.807) is 25.1 Å². The Morgan fingerprint density at radius 1 is 1.07 bits per heavy atom. The molecule has 1 aliphatic heterocycles. The van der Waals surface area contributed by atoms with Gasteiger partial charge in [0.25, 0.3) is 0 Å². The number of hydrogen-bond acceptors (Lipinski definition) is 2. The molecular formula is C22H15ClF4N2O. The summed E-state index contributed by atoms with van der Waals surface area (Å²) in [4.78, 5) is 16.2. The third-order valence-electron chi connectivity index (χ3n) is 5.29.